The minimum atomic E-state index is -0.551. The molecular formula is C17H19FN4O2. The van der Waals surface area contributed by atoms with Crippen molar-refractivity contribution in [3.05, 3.63) is 53.1 Å². The lowest BCUT2D eigenvalue weighted by atomic mass is 10.2. The van der Waals surface area contributed by atoms with Gasteiger partial charge < -0.3 is 10.2 Å². The molecule has 7 heteroatoms. The molecule has 2 amide bonds. The quantitative estimate of drug-likeness (QED) is 0.922. The standard InChI is InChI=1S/C17H19FN4O2/c1-11(20-12(2)23)17(24)21-9-14-7-19-22(16(14)10-21)8-13-3-5-15(18)6-4-13/h3-7,11H,8-10H2,1-2H3,(H,20,23)/t11-/m0/s1. The first-order valence-electron chi connectivity index (χ1n) is 7.78. The molecule has 1 aromatic carbocycles. The Morgan fingerprint density at radius 3 is 2.67 bits per heavy atom. The van der Waals surface area contributed by atoms with Crippen molar-refractivity contribution in [3.8, 4) is 0 Å². The van der Waals surface area contributed by atoms with E-state index in [1.165, 1.54) is 19.1 Å². The molecule has 1 aliphatic heterocycles. The average molecular weight is 330 g/mol. The van der Waals surface area contributed by atoms with Gasteiger partial charge >= 0.3 is 0 Å². The Morgan fingerprint density at radius 2 is 2.00 bits per heavy atom. The molecule has 2 aromatic rings. The van der Waals surface area contributed by atoms with Crippen molar-refractivity contribution in [3.63, 3.8) is 0 Å². The van der Waals surface area contributed by atoms with Crippen molar-refractivity contribution in [1.82, 2.24) is 20.0 Å². The van der Waals surface area contributed by atoms with Gasteiger partial charge in [-0.25, -0.2) is 4.39 Å². The maximum Gasteiger partial charge on any atom is 0.245 e. The molecule has 0 saturated heterocycles. The summed E-state index contributed by atoms with van der Waals surface area (Å²) in [5.74, 6) is -0.613. The summed E-state index contributed by atoms with van der Waals surface area (Å²) >= 11 is 0. The molecule has 0 unspecified atom stereocenters. The predicted molar refractivity (Wildman–Crippen MR) is 85.3 cm³/mol. The largest absolute Gasteiger partial charge is 0.345 e. The number of aromatic nitrogens is 2. The van der Waals surface area contributed by atoms with Crippen LogP contribution in [0, 0.1) is 5.82 Å². The summed E-state index contributed by atoms with van der Waals surface area (Å²) in [6.45, 7) is 4.54. The van der Waals surface area contributed by atoms with Crippen molar-refractivity contribution >= 4 is 11.8 Å². The number of halogens is 1. The number of amides is 2. The Bertz CT molecular complexity index is 769. The summed E-state index contributed by atoms with van der Waals surface area (Å²) in [5.41, 5.74) is 2.92. The van der Waals surface area contributed by atoms with Crippen molar-refractivity contribution in [2.24, 2.45) is 0 Å². The van der Waals surface area contributed by atoms with Gasteiger partial charge in [0, 0.05) is 19.0 Å². The van der Waals surface area contributed by atoms with E-state index in [4.69, 9.17) is 0 Å². The summed E-state index contributed by atoms with van der Waals surface area (Å²) in [6, 6.07) is 5.74. The molecule has 126 valence electrons. The Labute approximate surface area is 139 Å². The van der Waals surface area contributed by atoms with Gasteiger partial charge in [0.2, 0.25) is 11.8 Å². The summed E-state index contributed by atoms with van der Waals surface area (Å²) in [5, 5.41) is 6.97. The molecule has 1 aliphatic rings. The summed E-state index contributed by atoms with van der Waals surface area (Å²) in [6.07, 6.45) is 1.76. The zero-order chi connectivity index (χ0) is 17.3. The van der Waals surface area contributed by atoms with Crippen LogP contribution in [0.3, 0.4) is 0 Å². The van der Waals surface area contributed by atoms with E-state index in [1.807, 2.05) is 4.68 Å². The van der Waals surface area contributed by atoms with Gasteiger partial charge in [-0.15, -0.1) is 0 Å². The van der Waals surface area contributed by atoms with Gasteiger partial charge in [-0.1, -0.05) is 12.1 Å². The fraction of sp³-hybridized carbons (Fsp3) is 0.353. The van der Waals surface area contributed by atoms with Crippen LogP contribution in [0.2, 0.25) is 0 Å². The van der Waals surface area contributed by atoms with Crippen LogP contribution in [0.4, 0.5) is 4.39 Å². The maximum atomic E-state index is 13.0. The molecule has 6 nitrogen and oxygen atoms in total. The van der Waals surface area contributed by atoms with E-state index in [-0.39, 0.29) is 17.6 Å². The van der Waals surface area contributed by atoms with Crippen molar-refractivity contribution in [2.45, 2.75) is 39.5 Å². The van der Waals surface area contributed by atoms with Crippen LogP contribution in [0.25, 0.3) is 0 Å². The number of nitrogens with one attached hydrogen (secondary N) is 1. The molecule has 1 aromatic heterocycles. The highest BCUT2D eigenvalue weighted by atomic mass is 19.1. The normalized spacial score (nSPS) is 14.4. The van der Waals surface area contributed by atoms with Crippen LogP contribution in [-0.4, -0.2) is 32.5 Å². The highest BCUT2D eigenvalue weighted by Crippen LogP contribution is 2.23. The van der Waals surface area contributed by atoms with Crippen LogP contribution in [0.1, 0.15) is 30.7 Å². The minimum Gasteiger partial charge on any atom is -0.345 e. The highest BCUT2D eigenvalue weighted by Gasteiger charge is 2.30. The minimum absolute atomic E-state index is 0.116. The Kier molecular flexibility index (Phi) is 4.33. The van der Waals surface area contributed by atoms with Gasteiger partial charge in [0.05, 0.1) is 25.0 Å². The van der Waals surface area contributed by atoms with E-state index >= 15 is 0 Å². The van der Waals surface area contributed by atoms with E-state index in [0.717, 1.165) is 16.8 Å². The second kappa shape index (κ2) is 6.43. The first-order valence-corrected chi connectivity index (χ1v) is 7.78. The third-order valence-electron chi connectivity index (χ3n) is 4.08. The fourth-order valence-corrected chi connectivity index (χ4v) is 2.90. The molecule has 0 spiro atoms. The average Bonchev–Trinajstić information content (AvgIpc) is 3.10. The summed E-state index contributed by atoms with van der Waals surface area (Å²) in [7, 11) is 0. The molecule has 24 heavy (non-hydrogen) atoms. The number of fused-ring (bicyclic) bond motifs is 1. The number of benzene rings is 1. The van der Waals surface area contributed by atoms with Crippen LogP contribution < -0.4 is 5.32 Å². The number of carbonyl (C=O) groups is 2. The lowest BCUT2D eigenvalue weighted by Crippen LogP contribution is -2.44. The van der Waals surface area contributed by atoms with E-state index in [0.29, 0.717) is 19.6 Å². The molecule has 0 fully saturated rings. The first kappa shape index (κ1) is 16.2. The molecule has 0 saturated carbocycles. The Balaban J connectivity index is 1.70. The van der Waals surface area contributed by atoms with Crippen LogP contribution >= 0.6 is 0 Å². The van der Waals surface area contributed by atoms with E-state index in [2.05, 4.69) is 10.4 Å². The zero-order valence-electron chi connectivity index (χ0n) is 13.6. The van der Waals surface area contributed by atoms with Gasteiger partial charge in [0.15, 0.2) is 0 Å². The maximum absolute atomic E-state index is 13.0. The van der Waals surface area contributed by atoms with E-state index in [9.17, 15) is 14.0 Å². The highest BCUT2D eigenvalue weighted by molar-refractivity contribution is 5.86. The molecule has 1 atom stereocenters. The van der Waals surface area contributed by atoms with Crippen LogP contribution in [-0.2, 0) is 29.2 Å². The molecule has 0 aliphatic carbocycles. The molecule has 3 rings (SSSR count). The second-order valence-electron chi connectivity index (χ2n) is 6.02. The zero-order valence-corrected chi connectivity index (χ0v) is 13.6. The SMILES string of the molecule is CC(=O)N[C@@H](C)C(=O)N1Cc2cnn(Cc3ccc(F)cc3)c2C1. The van der Waals surface area contributed by atoms with Gasteiger partial charge in [-0.2, -0.15) is 5.10 Å². The monoisotopic (exact) mass is 330 g/mol. The van der Waals surface area contributed by atoms with Crippen molar-refractivity contribution < 1.29 is 14.0 Å². The first-order chi connectivity index (χ1) is 11.4. The molecular weight excluding hydrogens is 311 g/mol. The molecule has 2 heterocycles. The van der Waals surface area contributed by atoms with Crippen molar-refractivity contribution in [2.75, 3.05) is 0 Å². The topological polar surface area (TPSA) is 67.2 Å². The van der Waals surface area contributed by atoms with E-state index in [1.54, 1.807) is 30.2 Å². The number of carbonyl (C=O) groups excluding carboxylic acids is 2. The fourth-order valence-electron chi connectivity index (χ4n) is 2.90. The predicted octanol–water partition coefficient (Wildman–Crippen LogP) is 1.44. The number of hydrogen-bond acceptors (Lipinski definition) is 3. The lowest BCUT2D eigenvalue weighted by Gasteiger charge is -2.21. The third kappa shape index (κ3) is 3.29. The number of rotatable bonds is 4. The number of nitrogens with zero attached hydrogens (tertiary/aromatic N) is 3. The van der Waals surface area contributed by atoms with Gasteiger partial charge in [-0.05, 0) is 24.6 Å². The van der Waals surface area contributed by atoms with Gasteiger partial charge in [-0.3, -0.25) is 14.3 Å². The third-order valence-corrected chi connectivity index (χ3v) is 4.08. The number of hydrogen-bond donors (Lipinski definition) is 1. The lowest BCUT2D eigenvalue weighted by molar-refractivity contribution is -0.136. The summed E-state index contributed by atoms with van der Waals surface area (Å²) < 4.78 is 14.8. The molecule has 1 N–H and O–H groups in total. The van der Waals surface area contributed by atoms with E-state index < -0.39 is 6.04 Å². The van der Waals surface area contributed by atoms with Crippen molar-refractivity contribution in [1.29, 1.82) is 0 Å². The molecule has 0 bridgehead atoms. The van der Waals surface area contributed by atoms with Crippen LogP contribution in [0.5, 0.6) is 0 Å². The smallest absolute Gasteiger partial charge is 0.245 e. The van der Waals surface area contributed by atoms with Crippen LogP contribution in [0.15, 0.2) is 30.5 Å². The second-order valence-corrected chi connectivity index (χ2v) is 6.02. The van der Waals surface area contributed by atoms with Gasteiger partial charge in [0.25, 0.3) is 0 Å². The van der Waals surface area contributed by atoms with Gasteiger partial charge in [0.1, 0.15) is 11.9 Å². The molecule has 0 radical (unpaired) electrons. The summed E-state index contributed by atoms with van der Waals surface area (Å²) in [4.78, 5) is 25.2. The Hall–Kier alpha value is -2.70. The Morgan fingerprint density at radius 1 is 1.29 bits per heavy atom.